The zero-order valence-corrected chi connectivity index (χ0v) is 7.27. The van der Waals surface area contributed by atoms with Gasteiger partial charge in [-0.1, -0.05) is 12.1 Å². The molecule has 0 aliphatic rings. The minimum Gasteiger partial charge on any atom is -0.392 e. The fourth-order valence-electron chi connectivity index (χ4n) is 1.21. The highest BCUT2D eigenvalue weighted by molar-refractivity contribution is 7.26. The molecule has 0 aliphatic carbocycles. The van der Waals surface area contributed by atoms with Crippen LogP contribution >= 0.6 is 11.3 Å². The monoisotopic (exact) mass is 174 g/mol. The molecule has 2 radical (unpaired) electrons. The van der Waals surface area contributed by atoms with Gasteiger partial charge in [0.2, 0.25) is 0 Å². The van der Waals surface area contributed by atoms with Gasteiger partial charge >= 0.3 is 0 Å². The number of benzene rings is 1. The summed E-state index contributed by atoms with van der Waals surface area (Å²) in [6.45, 7) is 0.0890. The minimum absolute atomic E-state index is 0.0890. The van der Waals surface area contributed by atoms with Gasteiger partial charge in [0.15, 0.2) is 0 Å². The maximum atomic E-state index is 8.88. The predicted molar refractivity (Wildman–Crippen MR) is 53.1 cm³/mol. The van der Waals surface area contributed by atoms with E-state index >= 15 is 0 Å². The SMILES string of the molecule is [B]c1cc2cc(CO)ccc2s1. The number of aliphatic hydroxyl groups is 1. The molecule has 12 heavy (non-hydrogen) atoms. The Bertz CT molecular complexity index is 408. The van der Waals surface area contributed by atoms with Crippen molar-refractivity contribution in [3.05, 3.63) is 29.8 Å². The van der Waals surface area contributed by atoms with E-state index in [0.717, 1.165) is 15.7 Å². The van der Waals surface area contributed by atoms with E-state index in [-0.39, 0.29) is 6.61 Å². The van der Waals surface area contributed by atoms with Crippen LogP contribution in [0.5, 0.6) is 0 Å². The van der Waals surface area contributed by atoms with E-state index in [4.69, 9.17) is 13.0 Å². The Kier molecular flexibility index (Phi) is 1.91. The van der Waals surface area contributed by atoms with Gasteiger partial charge in [-0.15, -0.1) is 0 Å². The molecule has 2 aromatic rings. The largest absolute Gasteiger partial charge is 0.392 e. The van der Waals surface area contributed by atoms with Crippen molar-refractivity contribution in [3.63, 3.8) is 0 Å². The molecule has 3 heteroatoms. The van der Waals surface area contributed by atoms with Gasteiger partial charge in [0.05, 0.1) is 6.61 Å². The van der Waals surface area contributed by atoms with Crippen LogP contribution in [0.2, 0.25) is 0 Å². The van der Waals surface area contributed by atoms with Crippen molar-refractivity contribution in [1.29, 1.82) is 0 Å². The molecule has 0 spiro atoms. The van der Waals surface area contributed by atoms with Crippen LogP contribution in [0, 0.1) is 0 Å². The van der Waals surface area contributed by atoms with Gasteiger partial charge in [-0.2, -0.15) is 11.3 Å². The fourth-order valence-corrected chi connectivity index (χ4v) is 2.02. The number of hydrogen-bond acceptors (Lipinski definition) is 2. The first-order valence-corrected chi connectivity index (χ1v) is 4.50. The number of fused-ring (bicyclic) bond motifs is 1. The molecule has 2 rings (SSSR count). The molecule has 0 unspecified atom stereocenters. The van der Waals surface area contributed by atoms with Crippen LogP contribution in [0.25, 0.3) is 10.1 Å². The first-order chi connectivity index (χ1) is 5.79. The van der Waals surface area contributed by atoms with Crippen molar-refractivity contribution in [2.24, 2.45) is 0 Å². The number of thiophene rings is 1. The van der Waals surface area contributed by atoms with E-state index in [1.165, 1.54) is 4.70 Å². The average Bonchev–Trinajstić information content (AvgIpc) is 2.43. The Hall–Kier alpha value is -0.795. The van der Waals surface area contributed by atoms with Crippen LogP contribution in [0.4, 0.5) is 0 Å². The highest BCUT2D eigenvalue weighted by atomic mass is 32.1. The van der Waals surface area contributed by atoms with Crippen molar-refractivity contribution in [1.82, 2.24) is 0 Å². The summed E-state index contributed by atoms with van der Waals surface area (Å²) >= 11 is 1.57. The molecule has 0 aliphatic heterocycles. The Balaban J connectivity index is 2.66. The maximum Gasteiger partial charge on any atom is 0.128 e. The molecule has 0 amide bonds. The Morgan fingerprint density at radius 3 is 2.92 bits per heavy atom. The van der Waals surface area contributed by atoms with E-state index in [1.807, 2.05) is 24.3 Å². The summed E-state index contributed by atoms with van der Waals surface area (Å²) in [4.78, 5) is 0. The summed E-state index contributed by atoms with van der Waals surface area (Å²) < 4.78 is 1.99. The van der Waals surface area contributed by atoms with Crippen molar-refractivity contribution in [2.45, 2.75) is 6.61 Å². The Morgan fingerprint density at radius 2 is 2.17 bits per heavy atom. The molecule has 1 N–H and O–H groups in total. The van der Waals surface area contributed by atoms with Crippen molar-refractivity contribution in [3.8, 4) is 0 Å². The minimum atomic E-state index is 0.0890. The van der Waals surface area contributed by atoms with Gasteiger partial charge in [0.25, 0.3) is 0 Å². The van der Waals surface area contributed by atoms with Crippen LogP contribution in [0.1, 0.15) is 5.56 Å². The molecular formula is C9H7BOS. The zero-order chi connectivity index (χ0) is 8.55. The lowest BCUT2D eigenvalue weighted by Crippen LogP contribution is -1.88. The lowest BCUT2D eigenvalue weighted by atomic mass is 10.1. The van der Waals surface area contributed by atoms with Crippen LogP contribution in [-0.4, -0.2) is 13.0 Å². The van der Waals surface area contributed by atoms with Crippen molar-refractivity contribution >= 4 is 34.0 Å². The quantitative estimate of drug-likeness (QED) is 0.643. The molecule has 0 atom stereocenters. The van der Waals surface area contributed by atoms with E-state index in [1.54, 1.807) is 11.3 Å². The molecule has 1 heterocycles. The number of aliphatic hydroxyl groups excluding tert-OH is 1. The third-order valence-corrected chi connectivity index (χ3v) is 2.73. The van der Waals surface area contributed by atoms with E-state index < -0.39 is 0 Å². The Labute approximate surface area is 76.1 Å². The van der Waals surface area contributed by atoms with Gasteiger partial charge in [-0.3, -0.25) is 0 Å². The second-order valence-corrected chi connectivity index (χ2v) is 3.79. The topological polar surface area (TPSA) is 20.2 Å². The van der Waals surface area contributed by atoms with Crippen molar-refractivity contribution < 1.29 is 5.11 Å². The van der Waals surface area contributed by atoms with Gasteiger partial charge < -0.3 is 5.11 Å². The van der Waals surface area contributed by atoms with Crippen molar-refractivity contribution in [2.75, 3.05) is 0 Å². The first kappa shape index (κ1) is 7.83. The smallest absolute Gasteiger partial charge is 0.128 e. The van der Waals surface area contributed by atoms with Crippen LogP contribution in [-0.2, 0) is 6.61 Å². The average molecular weight is 174 g/mol. The molecule has 1 nitrogen and oxygen atoms in total. The molecule has 1 aromatic carbocycles. The van der Waals surface area contributed by atoms with Gasteiger partial charge in [-0.05, 0) is 27.9 Å². The van der Waals surface area contributed by atoms with E-state index in [2.05, 4.69) is 0 Å². The molecule has 0 saturated carbocycles. The van der Waals surface area contributed by atoms with E-state index in [0.29, 0.717) is 0 Å². The summed E-state index contributed by atoms with van der Waals surface area (Å²) in [7, 11) is 5.64. The third kappa shape index (κ3) is 1.26. The summed E-state index contributed by atoms with van der Waals surface area (Å²) in [6.07, 6.45) is 0. The second kappa shape index (κ2) is 2.92. The van der Waals surface area contributed by atoms with Gasteiger partial charge in [-0.25, -0.2) is 0 Å². The van der Waals surface area contributed by atoms with Gasteiger partial charge in [0, 0.05) is 4.70 Å². The zero-order valence-electron chi connectivity index (χ0n) is 6.45. The fraction of sp³-hybridized carbons (Fsp3) is 0.111. The standard InChI is InChI=1S/C9H7BOS/c10-9-4-7-3-6(5-11)1-2-8(7)12-9/h1-4,11H,5H2. The molecule has 58 valence electrons. The molecule has 0 fully saturated rings. The van der Waals surface area contributed by atoms with E-state index in [9.17, 15) is 0 Å². The summed E-state index contributed by atoms with van der Waals surface area (Å²) in [5.74, 6) is 0. The normalized spacial score (nSPS) is 10.8. The highest BCUT2D eigenvalue weighted by Crippen LogP contribution is 2.19. The summed E-state index contributed by atoms with van der Waals surface area (Å²) in [5.41, 5.74) is 0.931. The Morgan fingerprint density at radius 1 is 1.33 bits per heavy atom. The lowest BCUT2D eigenvalue weighted by molar-refractivity contribution is 0.282. The summed E-state index contributed by atoms with van der Waals surface area (Å²) in [5, 5.41) is 9.99. The maximum absolute atomic E-state index is 8.88. The number of rotatable bonds is 1. The van der Waals surface area contributed by atoms with Crippen LogP contribution in [0.15, 0.2) is 24.3 Å². The molecule has 0 bridgehead atoms. The number of hydrogen-bond donors (Lipinski definition) is 1. The lowest BCUT2D eigenvalue weighted by Gasteiger charge is -1.94. The summed E-state index contributed by atoms with van der Waals surface area (Å²) in [6, 6.07) is 7.79. The molecular weight excluding hydrogens is 167 g/mol. The highest BCUT2D eigenvalue weighted by Gasteiger charge is 1.98. The van der Waals surface area contributed by atoms with Gasteiger partial charge in [0.1, 0.15) is 7.85 Å². The van der Waals surface area contributed by atoms with Crippen LogP contribution < -0.4 is 4.78 Å². The first-order valence-electron chi connectivity index (χ1n) is 3.68. The third-order valence-electron chi connectivity index (χ3n) is 1.78. The molecule has 0 saturated heterocycles. The molecule has 1 aromatic heterocycles. The second-order valence-electron chi connectivity index (χ2n) is 2.68. The van der Waals surface area contributed by atoms with Crippen LogP contribution in [0.3, 0.4) is 0 Å². The predicted octanol–water partition coefficient (Wildman–Crippen LogP) is 1.19.